The number of carbonyl (C=O) groups excluding carboxylic acids is 1. The standard InChI is InChI=1S/C11H16N2O3/c1-7(8-5-12-6-8)10(14)13-4-2-3-9(13)11(15)16/h9,12H,2-6H2,1H3,(H,15,16)/t9-/m0/s1. The highest BCUT2D eigenvalue weighted by Crippen LogP contribution is 2.21. The third-order valence-corrected chi connectivity index (χ3v) is 3.33. The van der Waals surface area contributed by atoms with Gasteiger partial charge in [-0.25, -0.2) is 4.79 Å². The Morgan fingerprint density at radius 3 is 2.62 bits per heavy atom. The molecule has 0 unspecified atom stereocenters. The molecule has 0 radical (unpaired) electrons. The van der Waals surface area contributed by atoms with E-state index in [1.807, 2.05) is 0 Å². The lowest BCUT2D eigenvalue weighted by molar-refractivity contribution is -0.146. The van der Waals surface area contributed by atoms with E-state index in [9.17, 15) is 9.59 Å². The highest BCUT2D eigenvalue weighted by atomic mass is 16.4. The van der Waals surface area contributed by atoms with Gasteiger partial charge in [-0.05, 0) is 25.3 Å². The molecule has 1 amide bonds. The van der Waals surface area contributed by atoms with Crippen LogP contribution in [0.25, 0.3) is 0 Å². The van der Waals surface area contributed by atoms with Crippen LogP contribution in [0.4, 0.5) is 0 Å². The van der Waals surface area contributed by atoms with Gasteiger partial charge >= 0.3 is 5.97 Å². The Morgan fingerprint density at radius 1 is 1.44 bits per heavy atom. The molecule has 5 heteroatoms. The highest BCUT2D eigenvalue weighted by Gasteiger charge is 2.35. The first-order chi connectivity index (χ1) is 7.61. The molecule has 2 saturated heterocycles. The second kappa shape index (κ2) is 4.25. The molecule has 0 aromatic heterocycles. The Hall–Kier alpha value is -1.36. The summed E-state index contributed by atoms with van der Waals surface area (Å²) in [4.78, 5) is 24.5. The van der Waals surface area contributed by atoms with Crippen molar-refractivity contribution in [1.29, 1.82) is 0 Å². The lowest BCUT2D eigenvalue weighted by Crippen LogP contribution is -2.43. The van der Waals surface area contributed by atoms with Crippen molar-refractivity contribution in [1.82, 2.24) is 10.2 Å². The number of rotatable bonds is 2. The Balaban J connectivity index is 2.12. The molecule has 1 atom stereocenters. The van der Waals surface area contributed by atoms with Crippen LogP contribution in [0.1, 0.15) is 19.8 Å². The van der Waals surface area contributed by atoms with E-state index >= 15 is 0 Å². The van der Waals surface area contributed by atoms with E-state index in [-0.39, 0.29) is 5.91 Å². The Bertz CT molecular complexity index is 356. The van der Waals surface area contributed by atoms with Gasteiger partial charge in [-0.2, -0.15) is 0 Å². The molecule has 2 heterocycles. The number of carboxylic acid groups (broad SMARTS) is 1. The fourth-order valence-electron chi connectivity index (χ4n) is 2.15. The first kappa shape index (κ1) is 11.1. The molecular weight excluding hydrogens is 208 g/mol. The molecule has 0 saturated carbocycles. The van der Waals surface area contributed by atoms with Crippen molar-refractivity contribution >= 4 is 11.9 Å². The number of likely N-dealkylation sites (tertiary alicyclic amines) is 1. The van der Waals surface area contributed by atoms with E-state index in [1.54, 1.807) is 6.92 Å². The van der Waals surface area contributed by atoms with Gasteiger partial charge in [0, 0.05) is 25.2 Å². The zero-order valence-corrected chi connectivity index (χ0v) is 9.32. The average molecular weight is 224 g/mol. The molecule has 2 N–H and O–H groups in total. The van der Waals surface area contributed by atoms with Crippen LogP contribution in [-0.4, -0.2) is 47.6 Å². The van der Waals surface area contributed by atoms with E-state index in [4.69, 9.17) is 5.11 Å². The molecule has 0 aromatic rings. The number of nitrogens with one attached hydrogen (secondary N) is 1. The van der Waals surface area contributed by atoms with Crippen molar-refractivity contribution in [3.63, 3.8) is 0 Å². The smallest absolute Gasteiger partial charge is 0.326 e. The summed E-state index contributed by atoms with van der Waals surface area (Å²) in [5.41, 5.74) is 1.81. The lowest BCUT2D eigenvalue weighted by Gasteiger charge is -2.26. The minimum absolute atomic E-state index is 0.110. The number of hydrogen-bond donors (Lipinski definition) is 2. The molecule has 88 valence electrons. The largest absolute Gasteiger partial charge is 0.480 e. The molecule has 2 rings (SSSR count). The van der Waals surface area contributed by atoms with E-state index in [2.05, 4.69) is 5.32 Å². The minimum atomic E-state index is -0.893. The highest BCUT2D eigenvalue weighted by molar-refractivity contribution is 5.96. The first-order valence-corrected chi connectivity index (χ1v) is 5.54. The zero-order valence-electron chi connectivity index (χ0n) is 9.32. The summed E-state index contributed by atoms with van der Waals surface area (Å²) in [6.45, 7) is 3.86. The van der Waals surface area contributed by atoms with Gasteiger partial charge in [0.2, 0.25) is 5.91 Å². The van der Waals surface area contributed by atoms with Gasteiger partial charge in [0.05, 0.1) is 0 Å². The minimum Gasteiger partial charge on any atom is -0.480 e. The normalized spacial score (nSPS) is 24.2. The van der Waals surface area contributed by atoms with Crippen LogP contribution in [0.5, 0.6) is 0 Å². The van der Waals surface area contributed by atoms with E-state index in [0.29, 0.717) is 18.5 Å². The summed E-state index contributed by atoms with van der Waals surface area (Å²) in [5, 5.41) is 12.1. The second-order valence-electron chi connectivity index (χ2n) is 4.33. The molecule has 5 nitrogen and oxygen atoms in total. The van der Waals surface area contributed by atoms with Crippen LogP contribution in [0, 0.1) is 0 Å². The third kappa shape index (κ3) is 1.82. The topological polar surface area (TPSA) is 69.6 Å². The number of aliphatic carboxylic acids is 1. The second-order valence-corrected chi connectivity index (χ2v) is 4.33. The van der Waals surface area contributed by atoms with Gasteiger partial charge in [0.1, 0.15) is 6.04 Å². The number of carboxylic acids is 1. The number of carbonyl (C=O) groups is 2. The van der Waals surface area contributed by atoms with Gasteiger partial charge in [0.25, 0.3) is 0 Å². The summed E-state index contributed by atoms with van der Waals surface area (Å²) in [5.74, 6) is -1.00. The molecule has 16 heavy (non-hydrogen) atoms. The van der Waals surface area contributed by atoms with Crippen molar-refractivity contribution < 1.29 is 14.7 Å². The Kier molecular flexibility index (Phi) is 2.96. The monoisotopic (exact) mass is 224 g/mol. The van der Waals surface area contributed by atoms with Crippen LogP contribution in [0.15, 0.2) is 11.1 Å². The summed E-state index contributed by atoms with van der Waals surface area (Å²) in [6, 6.07) is -0.629. The van der Waals surface area contributed by atoms with Gasteiger partial charge < -0.3 is 15.3 Å². The maximum absolute atomic E-state index is 12.1. The summed E-state index contributed by atoms with van der Waals surface area (Å²) >= 11 is 0. The quantitative estimate of drug-likeness (QED) is 0.647. The average Bonchev–Trinajstić information content (AvgIpc) is 2.61. The van der Waals surface area contributed by atoms with E-state index in [0.717, 1.165) is 25.1 Å². The predicted octanol–water partition coefficient (Wildman–Crippen LogP) is -0.0183. The molecule has 0 spiro atoms. The van der Waals surface area contributed by atoms with Crippen molar-refractivity contribution in [3.8, 4) is 0 Å². The van der Waals surface area contributed by atoms with Crippen LogP contribution >= 0.6 is 0 Å². The van der Waals surface area contributed by atoms with Gasteiger partial charge in [-0.3, -0.25) is 4.79 Å². The van der Waals surface area contributed by atoms with E-state index < -0.39 is 12.0 Å². The third-order valence-electron chi connectivity index (χ3n) is 3.33. The Labute approximate surface area is 94.1 Å². The van der Waals surface area contributed by atoms with E-state index in [1.165, 1.54) is 4.90 Å². The van der Waals surface area contributed by atoms with Crippen LogP contribution < -0.4 is 5.32 Å². The van der Waals surface area contributed by atoms with Crippen LogP contribution in [-0.2, 0) is 9.59 Å². The molecule has 0 bridgehead atoms. The number of amides is 1. The summed E-state index contributed by atoms with van der Waals surface area (Å²) in [7, 11) is 0. The fourth-order valence-corrected chi connectivity index (χ4v) is 2.15. The number of hydrogen-bond acceptors (Lipinski definition) is 3. The molecular formula is C11H16N2O3. The van der Waals surface area contributed by atoms with Crippen LogP contribution in [0.2, 0.25) is 0 Å². The molecule has 2 aliphatic heterocycles. The lowest BCUT2D eigenvalue weighted by atomic mass is 10.0. The van der Waals surface area contributed by atoms with Gasteiger partial charge in [-0.1, -0.05) is 0 Å². The van der Waals surface area contributed by atoms with Crippen molar-refractivity contribution in [2.45, 2.75) is 25.8 Å². The maximum Gasteiger partial charge on any atom is 0.326 e. The number of nitrogens with zero attached hydrogens (tertiary/aromatic N) is 1. The maximum atomic E-state index is 12.1. The predicted molar refractivity (Wildman–Crippen MR) is 57.9 cm³/mol. The molecule has 0 aliphatic carbocycles. The van der Waals surface area contributed by atoms with Crippen molar-refractivity contribution in [3.05, 3.63) is 11.1 Å². The molecule has 0 aromatic carbocycles. The summed E-state index contributed by atoms with van der Waals surface area (Å²) < 4.78 is 0. The van der Waals surface area contributed by atoms with Gasteiger partial charge in [0.15, 0.2) is 0 Å². The van der Waals surface area contributed by atoms with Gasteiger partial charge in [-0.15, -0.1) is 0 Å². The van der Waals surface area contributed by atoms with Crippen LogP contribution in [0.3, 0.4) is 0 Å². The fraction of sp³-hybridized carbons (Fsp3) is 0.636. The zero-order chi connectivity index (χ0) is 11.7. The molecule has 2 aliphatic rings. The Morgan fingerprint density at radius 2 is 2.12 bits per heavy atom. The first-order valence-electron chi connectivity index (χ1n) is 5.54. The SMILES string of the molecule is CC(C(=O)N1CCC[C@H]1C(=O)O)=C1CNC1. The van der Waals surface area contributed by atoms with Crippen molar-refractivity contribution in [2.75, 3.05) is 19.6 Å². The van der Waals surface area contributed by atoms with Crippen molar-refractivity contribution in [2.24, 2.45) is 0 Å². The molecule has 2 fully saturated rings. The summed E-state index contributed by atoms with van der Waals surface area (Å²) in [6.07, 6.45) is 1.35.